The molecule has 0 saturated heterocycles. The van der Waals surface area contributed by atoms with Crippen LogP contribution in [0.4, 0.5) is 8.78 Å². The Morgan fingerprint density at radius 2 is 1.97 bits per heavy atom. The SMILES string of the molecule is CCOn1c(C)c(C(=O)N[C@H](c2cccc(F)c2)C2CCC2)c2cccc(F)c2c1=O. The van der Waals surface area contributed by atoms with Crippen molar-refractivity contribution in [2.24, 2.45) is 5.92 Å². The quantitative estimate of drug-likeness (QED) is 0.639. The summed E-state index contributed by atoms with van der Waals surface area (Å²) in [5.74, 6) is -1.36. The van der Waals surface area contributed by atoms with Crippen LogP contribution in [0.5, 0.6) is 0 Å². The zero-order chi connectivity index (χ0) is 22.1. The Hall–Kier alpha value is -3.22. The minimum atomic E-state index is -0.717. The highest BCUT2D eigenvalue weighted by molar-refractivity contribution is 6.08. The molecule has 0 bridgehead atoms. The third-order valence-electron chi connectivity index (χ3n) is 5.95. The largest absolute Gasteiger partial charge is 0.411 e. The number of pyridine rings is 1. The summed E-state index contributed by atoms with van der Waals surface area (Å²) in [5, 5.41) is 3.05. The Morgan fingerprint density at radius 1 is 1.23 bits per heavy atom. The molecule has 5 nitrogen and oxygen atoms in total. The molecule has 1 saturated carbocycles. The van der Waals surface area contributed by atoms with Gasteiger partial charge in [-0.25, -0.2) is 8.78 Å². The summed E-state index contributed by atoms with van der Waals surface area (Å²) in [4.78, 5) is 31.7. The summed E-state index contributed by atoms with van der Waals surface area (Å²) in [6.07, 6.45) is 2.90. The van der Waals surface area contributed by atoms with Gasteiger partial charge in [0.15, 0.2) is 0 Å². The van der Waals surface area contributed by atoms with Gasteiger partial charge in [-0.05, 0) is 56.4 Å². The smallest absolute Gasteiger partial charge is 0.294 e. The van der Waals surface area contributed by atoms with Crippen LogP contribution in [0.15, 0.2) is 47.3 Å². The Balaban J connectivity index is 1.83. The molecule has 2 aromatic carbocycles. The van der Waals surface area contributed by atoms with E-state index in [-0.39, 0.29) is 46.4 Å². The highest BCUT2D eigenvalue weighted by atomic mass is 19.1. The molecule has 3 aromatic rings. The van der Waals surface area contributed by atoms with Crippen LogP contribution in [-0.2, 0) is 0 Å². The highest BCUT2D eigenvalue weighted by Crippen LogP contribution is 2.38. The maximum atomic E-state index is 14.6. The van der Waals surface area contributed by atoms with Gasteiger partial charge in [-0.1, -0.05) is 30.7 Å². The van der Waals surface area contributed by atoms with Gasteiger partial charge in [0.25, 0.3) is 11.5 Å². The lowest BCUT2D eigenvalue weighted by molar-refractivity contribution is 0.0880. The predicted molar refractivity (Wildman–Crippen MR) is 114 cm³/mol. The average Bonchev–Trinajstić information content (AvgIpc) is 2.69. The Kier molecular flexibility index (Phi) is 5.76. The fourth-order valence-electron chi connectivity index (χ4n) is 4.23. The van der Waals surface area contributed by atoms with E-state index in [0.29, 0.717) is 5.56 Å². The van der Waals surface area contributed by atoms with Crippen molar-refractivity contribution < 1.29 is 18.4 Å². The van der Waals surface area contributed by atoms with Crippen molar-refractivity contribution in [2.45, 2.75) is 39.2 Å². The summed E-state index contributed by atoms with van der Waals surface area (Å²) >= 11 is 0. The summed E-state index contributed by atoms with van der Waals surface area (Å²) in [7, 11) is 0. The van der Waals surface area contributed by atoms with E-state index in [9.17, 15) is 18.4 Å². The van der Waals surface area contributed by atoms with Crippen LogP contribution in [0.3, 0.4) is 0 Å². The van der Waals surface area contributed by atoms with Crippen molar-refractivity contribution in [1.82, 2.24) is 10.0 Å². The number of carbonyl (C=O) groups is 1. The third kappa shape index (κ3) is 3.80. The molecule has 162 valence electrons. The first kappa shape index (κ1) is 21.0. The molecule has 7 heteroatoms. The van der Waals surface area contributed by atoms with Gasteiger partial charge in [0.05, 0.1) is 22.7 Å². The number of fused-ring (bicyclic) bond motifs is 1. The number of nitrogens with zero attached hydrogens (tertiary/aromatic N) is 1. The Morgan fingerprint density at radius 3 is 2.61 bits per heavy atom. The average molecular weight is 426 g/mol. The standard InChI is InChI=1S/C24H24F2N2O3/c1-3-31-28-14(2)20(18-11-6-12-19(26)21(18)24(28)30)23(29)27-22(15-7-4-8-15)16-9-5-10-17(25)13-16/h5-6,9-13,15,22H,3-4,7-8H2,1-2H3,(H,27,29)/t22-/m0/s1. The molecule has 1 N–H and O–H groups in total. The van der Waals surface area contributed by atoms with E-state index >= 15 is 0 Å². The van der Waals surface area contributed by atoms with Gasteiger partial charge in [0.2, 0.25) is 0 Å². The summed E-state index contributed by atoms with van der Waals surface area (Å²) in [5.41, 5.74) is 0.492. The normalized spacial score (nSPS) is 14.8. The van der Waals surface area contributed by atoms with Gasteiger partial charge in [0, 0.05) is 5.39 Å². The molecule has 1 amide bonds. The predicted octanol–water partition coefficient (Wildman–Crippen LogP) is 4.31. The van der Waals surface area contributed by atoms with Crippen LogP contribution in [0.1, 0.15) is 53.8 Å². The van der Waals surface area contributed by atoms with Crippen LogP contribution in [-0.4, -0.2) is 17.2 Å². The number of rotatable bonds is 6. The van der Waals surface area contributed by atoms with E-state index in [1.165, 1.54) is 24.3 Å². The molecule has 4 rings (SSSR count). The van der Waals surface area contributed by atoms with Crippen LogP contribution in [0, 0.1) is 24.5 Å². The molecule has 1 aliphatic rings. The van der Waals surface area contributed by atoms with Gasteiger partial charge in [-0.2, -0.15) is 0 Å². The fraction of sp³-hybridized carbons (Fsp3) is 0.333. The molecule has 1 aliphatic carbocycles. The number of benzene rings is 2. The zero-order valence-electron chi connectivity index (χ0n) is 17.5. The molecule has 1 atom stereocenters. The maximum Gasteiger partial charge on any atom is 0.294 e. The molecule has 1 aromatic heterocycles. The van der Waals surface area contributed by atoms with Gasteiger partial charge in [-0.15, -0.1) is 4.73 Å². The number of carbonyl (C=O) groups excluding carboxylic acids is 1. The van der Waals surface area contributed by atoms with E-state index in [1.54, 1.807) is 32.0 Å². The summed E-state index contributed by atoms with van der Waals surface area (Å²) in [6.45, 7) is 3.47. The van der Waals surface area contributed by atoms with E-state index in [2.05, 4.69) is 5.32 Å². The lowest BCUT2D eigenvalue weighted by Crippen LogP contribution is -2.38. The molecule has 0 aliphatic heterocycles. The first-order valence-electron chi connectivity index (χ1n) is 10.5. The van der Waals surface area contributed by atoms with Crippen molar-refractivity contribution in [2.75, 3.05) is 6.61 Å². The zero-order valence-corrected chi connectivity index (χ0v) is 17.5. The lowest BCUT2D eigenvalue weighted by Gasteiger charge is -2.35. The number of aromatic nitrogens is 1. The lowest BCUT2D eigenvalue weighted by atomic mass is 9.77. The Labute approximate surface area is 178 Å². The topological polar surface area (TPSA) is 60.3 Å². The van der Waals surface area contributed by atoms with Crippen molar-refractivity contribution in [3.8, 4) is 0 Å². The third-order valence-corrected chi connectivity index (χ3v) is 5.95. The molecular weight excluding hydrogens is 402 g/mol. The molecule has 31 heavy (non-hydrogen) atoms. The van der Waals surface area contributed by atoms with Crippen molar-refractivity contribution >= 4 is 16.7 Å². The minimum absolute atomic E-state index is 0.170. The van der Waals surface area contributed by atoms with Crippen LogP contribution in [0.2, 0.25) is 0 Å². The number of nitrogens with one attached hydrogen (secondary N) is 1. The molecule has 0 radical (unpaired) electrons. The number of amides is 1. The van der Waals surface area contributed by atoms with E-state index in [4.69, 9.17) is 4.84 Å². The van der Waals surface area contributed by atoms with E-state index in [1.807, 2.05) is 0 Å². The number of hydrogen-bond acceptors (Lipinski definition) is 3. The second-order valence-electron chi connectivity index (χ2n) is 7.84. The fourth-order valence-corrected chi connectivity index (χ4v) is 4.23. The summed E-state index contributed by atoms with van der Waals surface area (Å²) in [6, 6.07) is 10.0. The molecular formula is C24H24F2N2O3. The molecule has 1 heterocycles. The minimum Gasteiger partial charge on any atom is -0.411 e. The number of halogens is 2. The van der Waals surface area contributed by atoms with Crippen molar-refractivity contribution in [1.29, 1.82) is 0 Å². The first-order chi connectivity index (χ1) is 14.9. The van der Waals surface area contributed by atoms with Crippen LogP contribution < -0.4 is 15.7 Å². The van der Waals surface area contributed by atoms with Gasteiger partial charge in [0.1, 0.15) is 18.2 Å². The first-order valence-corrected chi connectivity index (χ1v) is 10.5. The number of hydrogen-bond donors (Lipinski definition) is 1. The maximum absolute atomic E-state index is 14.6. The monoisotopic (exact) mass is 426 g/mol. The second kappa shape index (κ2) is 8.49. The molecule has 0 spiro atoms. The molecule has 0 unspecified atom stereocenters. The van der Waals surface area contributed by atoms with Gasteiger partial charge >= 0.3 is 0 Å². The van der Waals surface area contributed by atoms with Crippen molar-refractivity contribution in [3.05, 3.63) is 81.3 Å². The summed E-state index contributed by atoms with van der Waals surface area (Å²) < 4.78 is 29.4. The second-order valence-corrected chi connectivity index (χ2v) is 7.84. The van der Waals surface area contributed by atoms with Gasteiger partial charge < -0.3 is 10.2 Å². The Bertz CT molecular complexity index is 1200. The van der Waals surface area contributed by atoms with Crippen LogP contribution >= 0.6 is 0 Å². The van der Waals surface area contributed by atoms with Gasteiger partial charge in [-0.3, -0.25) is 9.59 Å². The van der Waals surface area contributed by atoms with Crippen molar-refractivity contribution in [3.63, 3.8) is 0 Å². The van der Waals surface area contributed by atoms with Crippen LogP contribution in [0.25, 0.3) is 10.8 Å². The highest BCUT2D eigenvalue weighted by Gasteiger charge is 2.32. The van der Waals surface area contributed by atoms with E-state index in [0.717, 1.165) is 24.0 Å². The van der Waals surface area contributed by atoms with E-state index < -0.39 is 17.3 Å². The molecule has 1 fully saturated rings.